The SMILES string of the molecule is COc1cc(OC)cc(-c2nc3n(n2)C(c2cccc(OC)c2)C(C(N)=O)=C(C)N3)c1. The summed E-state index contributed by atoms with van der Waals surface area (Å²) in [7, 11) is 4.75. The summed E-state index contributed by atoms with van der Waals surface area (Å²) in [5, 5.41) is 7.84. The maximum absolute atomic E-state index is 12.4. The second-order valence-corrected chi connectivity index (χ2v) is 7.01. The van der Waals surface area contributed by atoms with Crippen LogP contribution in [0, 0.1) is 0 Å². The highest BCUT2D eigenvalue weighted by Crippen LogP contribution is 2.37. The molecule has 0 radical (unpaired) electrons. The molecule has 0 spiro atoms. The second-order valence-electron chi connectivity index (χ2n) is 7.01. The number of carbonyl (C=O) groups excluding carboxylic acids is 1. The Labute approximate surface area is 179 Å². The number of anilines is 1. The minimum atomic E-state index is -0.558. The predicted octanol–water partition coefficient (Wildman–Crippen LogP) is 2.75. The minimum Gasteiger partial charge on any atom is -0.497 e. The van der Waals surface area contributed by atoms with Crippen LogP contribution in [0.5, 0.6) is 17.2 Å². The lowest BCUT2D eigenvalue weighted by Crippen LogP contribution is -2.31. The van der Waals surface area contributed by atoms with Crippen molar-refractivity contribution in [3.05, 3.63) is 59.3 Å². The summed E-state index contributed by atoms with van der Waals surface area (Å²) in [5.41, 5.74) is 8.28. The van der Waals surface area contributed by atoms with Gasteiger partial charge >= 0.3 is 0 Å². The third-order valence-electron chi connectivity index (χ3n) is 5.14. The molecule has 31 heavy (non-hydrogen) atoms. The number of allylic oxidation sites excluding steroid dienone is 1. The molecule has 1 atom stereocenters. The Balaban J connectivity index is 1.88. The van der Waals surface area contributed by atoms with E-state index in [0.29, 0.717) is 45.9 Å². The molecule has 160 valence electrons. The number of benzene rings is 2. The van der Waals surface area contributed by atoms with Gasteiger partial charge in [-0.3, -0.25) is 4.79 Å². The van der Waals surface area contributed by atoms with E-state index in [-0.39, 0.29) is 0 Å². The maximum atomic E-state index is 12.4. The molecular formula is C22H23N5O4. The van der Waals surface area contributed by atoms with E-state index in [9.17, 15) is 4.79 Å². The van der Waals surface area contributed by atoms with Gasteiger partial charge < -0.3 is 25.3 Å². The number of primary amides is 1. The van der Waals surface area contributed by atoms with Crippen LogP contribution in [-0.2, 0) is 4.79 Å². The third kappa shape index (κ3) is 3.65. The Bertz CT molecular complexity index is 1160. The molecule has 0 saturated carbocycles. The van der Waals surface area contributed by atoms with Gasteiger partial charge in [0.1, 0.15) is 23.3 Å². The summed E-state index contributed by atoms with van der Waals surface area (Å²) in [6.07, 6.45) is 0. The molecule has 2 aromatic carbocycles. The molecule has 0 bridgehead atoms. The molecular weight excluding hydrogens is 398 g/mol. The summed E-state index contributed by atoms with van der Waals surface area (Å²) in [6.45, 7) is 1.79. The first-order chi connectivity index (χ1) is 14.9. The van der Waals surface area contributed by atoms with Crippen LogP contribution in [0.15, 0.2) is 53.7 Å². The lowest BCUT2D eigenvalue weighted by Gasteiger charge is -2.27. The molecule has 9 nitrogen and oxygen atoms in total. The van der Waals surface area contributed by atoms with Crippen molar-refractivity contribution in [3.8, 4) is 28.6 Å². The number of nitrogens with one attached hydrogen (secondary N) is 1. The smallest absolute Gasteiger partial charge is 0.248 e. The number of ether oxygens (including phenoxy) is 3. The highest BCUT2D eigenvalue weighted by molar-refractivity contribution is 5.95. The Morgan fingerprint density at radius 3 is 2.32 bits per heavy atom. The zero-order chi connectivity index (χ0) is 22.1. The number of nitrogens with zero attached hydrogens (tertiary/aromatic N) is 3. The van der Waals surface area contributed by atoms with Gasteiger partial charge in [0, 0.05) is 17.3 Å². The topological polar surface area (TPSA) is 114 Å². The van der Waals surface area contributed by atoms with Crippen LogP contribution in [0.1, 0.15) is 18.5 Å². The van der Waals surface area contributed by atoms with Gasteiger partial charge in [0.2, 0.25) is 11.9 Å². The molecule has 1 amide bonds. The van der Waals surface area contributed by atoms with Crippen LogP contribution in [0.2, 0.25) is 0 Å². The Morgan fingerprint density at radius 2 is 1.71 bits per heavy atom. The van der Waals surface area contributed by atoms with Gasteiger partial charge in [0.25, 0.3) is 0 Å². The van der Waals surface area contributed by atoms with Crippen LogP contribution in [0.4, 0.5) is 5.95 Å². The van der Waals surface area contributed by atoms with E-state index in [0.717, 1.165) is 5.56 Å². The van der Waals surface area contributed by atoms with Gasteiger partial charge in [0.15, 0.2) is 5.82 Å². The fraction of sp³-hybridized carbons (Fsp3) is 0.227. The number of aromatic nitrogens is 3. The van der Waals surface area contributed by atoms with E-state index >= 15 is 0 Å². The average Bonchev–Trinajstić information content (AvgIpc) is 3.21. The van der Waals surface area contributed by atoms with E-state index in [2.05, 4.69) is 10.3 Å². The third-order valence-corrected chi connectivity index (χ3v) is 5.14. The van der Waals surface area contributed by atoms with Crippen molar-refractivity contribution >= 4 is 11.9 Å². The quantitative estimate of drug-likeness (QED) is 0.629. The molecule has 9 heteroatoms. The number of nitrogens with two attached hydrogens (primary N) is 1. The summed E-state index contributed by atoms with van der Waals surface area (Å²) in [6, 6.07) is 12.3. The van der Waals surface area contributed by atoms with Gasteiger partial charge in [-0.2, -0.15) is 4.98 Å². The van der Waals surface area contributed by atoms with E-state index in [4.69, 9.17) is 25.0 Å². The van der Waals surface area contributed by atoms with Gasteiger partial charge in [-0.25, -0.2) is 4.68 Å². The fourth-order valence-corrected chi connectivity index (χ4v) is 3.65. The van der Waals surface area contributed by atoms with Crippen LogP contribution in [0.3, 0.4) is 0 Å². The average molecular weight is 421 g/mol. The van der Waals surface area contributed by atoms with Gasteiger partial charge in [-0.1, -0.05) is 12.1 Å². The van der Waals surface area contributed by atoms with Gasteiger partial charge in [-0.05, 0) is 36.8 Å². The largest absolute Gasteiger partial charge is 0.497 e. The van der Waals surface area contributed by atoms with Crippen molar-refractivity contribution in [1.29, 1.82) is 0 Å². The second kappa shape index (κ2) is 8.02. The molecule has 1 aliphatic heterocycles. The number of amides is 1. The summed E-state index contributed by atoms with van der Waals surface area (Å²) in [5.74, 6) is 2.30. The zero-order valence-electron chi connectivity index (χ0n) is 17.7. The predicted molar refractivity (Wildman–Crippen MR) is 115 cm³/mol. The first kappa shape index (κ1) is 20.3. The maximum Gasteiger partial charge on any atom is 0.248 e. The van der Waals surface area contributed by atoms with E-state index in [1.807, 2.05) is 36.4 Å². The highest BCUT2D eigenvalue weighted by atomic mass is 16.5. The molecule has 0 fully saturated rings. The van der Waals surface area contributed by atoms with Crippen molar-refractivity contribution in [2.45, 2.75) is 13.0 Å². The molecule has 3 aromatic rings. The van der Waals surface area contributed by atoms with E-state index < -0.39 is 11.9 Å². The number of hydrogen-bond donors (Lipinski definition) is 2. The summed E-state index contributed by atoms with van der Waals surface area (Å²) in [4.78, 5) is 17.0. The fourth-order valence-electron chi connectivity index (χ4n) is 3.65. The summed E-state index contributed by atoms with van der Waals surface area (Å²) < 4.78 is 17.7. The lowest BCUT2D eigenvalue weighted by atomic mass is 9.95. The van der Waals surface area contributed by atoms with Crippen molar-refractivity contribution in [2.75, 3.05) is 26.6 Å². The number of fused-ring (bicyclic) bond motifs is 1. The Hall–Kier alpha value is -4.01. The van der Waals surface area contributed by atoms with Gasteiger partial charge in [-0.15, -0.1) is 5.10 Å². The zero-order valence-corrected chi connectivity index (χ0v) is 17.7. The first-order valence-electron chi connectivity index (χ1n) is 9.56. The van der Waals surface area contributed by atoms with Crippen LogP contribution in [-0.4, -0.2) is 42.0 Å². The van der Waals surface area contributed by atoms with E-state index in [1.54, 1.807) is 39.0 Å². The molecule has 2 heterocycles. The summed E-state index contributed by atoms with van der Waals surface area (Å²) >= 11 is 0. The number of hydrogen-bond acceptors (Lipinski definition) is 7. The van der Waals surface area contributed by atoms with E-state index in [1.165, 1.54) is 0 Å². The normalized spacial score (nSPS) is 15.2. The van der Waals surface area contributed by atoms with Crippen molar-refractivity contribution in [3.63, 3.8) is 0 Å². The Kier molecular flexibility index (Phi) is 5.24. The number of carbonyl (C=O) groups is 1. The highest BCUT2D eigenvalue weighted by Gasteiger charge is 2.33. The lowest BCUT2D eigenvalue weighted by molar-refractivity contribution is -0.115. The van der Waals surface area contributed by atoms with Crippen LogP contribution < -0.4 is 25.3 Å². The van der Waals surface area contributed by atoms with Crippen LogP contribution >= 0.6 is 0 Å². The molecule has 3 N–H and O–H groups in total. The molecule has 4 rings (SSSR count). The number of methoxy groups -OCH3 is 3. The van der Waals surface area contributed by atoms with Crippen molar-refractivity contribution < 1.29 is 19.0 Å². The molecule has 1 unspecified atom stereocenters. The van der Waals surface area contributed by atoms with Crippen molar-refractivity contribution in [1.82, 2.24) is 14.8 Å². The van der Waals surface area contributed by atoms with Crippen LogP contribution in [0.25, 0.3) is 11.4 Å². The molecule has 1 aliphatic rings. The van der Waals surface area contributed by atoms with Crippen molar-refractivity contribution in [2.24, 2.45) is 5.73 Å². The standard InChI is InChI=1S/C22H23N5O4/c1-12-18(20(23)28)19(13-6-5-7-15(8-13)29-2)27-22(24-12)25-21(26-27)14-9-16(30-3)11-17(10-14)31-4/h5-11,19H,1-4H3,(H2,23,28)(H,24,25,26). The number of rotatable bonds is 6. The monoisotopic (exact) mass is 421 g/mol. The Morgan fingerprint density at radius 1 is 1.03 bits per heavy atom. The van der Waals surface area contributed by atoms with Gasteiger partial charge in [0.05, 0.1) is 26.9 Å². The molecule has 0 aliphatic carbocycles. The minimum absolute atomic E-state index is 0.403. The molecule has 1 aromatic heterocycles. The first-order valence-corrected chi connectivity index (χ1v) is 9.56. The molecule has 0 saturated heterocycles.